The van der Waals surface area contributed by atoms with Crippen LogP contribution in [0.2, 0.25) is 0 Å². The van der Waals surface area contributed by atoms with Crippen molar-refractivity contribution < 1.29 is 19.4 Å². The number of carboxylic acid groups (broad SMARTS) is 1. The largest absolute Gasteiger partial charge is 0.481 e. The van der Waals surface area contributed by atoms with Crippen LogP contribution in [-0.4, -0.2) is 29.6 Å². The van der Waals surface area contributed by atoms with E-state index in [-0.39, 0.29) is 12.5 Å². The number of para-hydroxylation sites is 2. The number of amides is 1. The molecule has 1 N–H and O–H groups in total. The molecule has 0 radical (unpaired) electrons. The van der Waals surface area contributed by atoms with Crippen molar-refractivity contribution in [3.05, 3.63) is 60.2 Å². The van der Waals surface area contributed by atoms with Crippen molar-refractivity contribution in [3.63, 3.8) is 0 Å². The molecule has 2 aromatic carbocycles. The van der Waals surface area contributed by atoms with Crippen molar-refractivity contribution in [1.82, 2.24) is 0 Å². The molecule has 1 unspecified atom stereocenters. The van der Waals surface area contributed by atoms with Crippen LogP contribution in [-0.2, 0) is 16.0 Å². The third-order valence-electron chi connectivity index (χ3n) is 3.81. The molecule has 1 atom stereocenters. The highest BCUT2D eigenvalue weighted by Crippen LogP contribution is 2.28. The van der Waals surface area contributed by atoms with Crippen LogP contribution >= 0.6 is 0 Å². The number of nitrogens with zero attached hydrogens (tertiary/aromatic N) is 1. The first kappa shape index (κ1) is 15.1. The van der Waals surface area contributed by atoms with Crippen LogP contribution in [0.3, 0.4) is 0 Å². The van der Waals surface area contributed by atoms with E-state index < -0.39 is 12.1 Å². The van der Waals surface area contributed by atoms with E-state index in [9.17, 15) is 9.59 Å². The Morgan fingerprint density at radius 1 is 1.13 bits per heavy atom. The van der Waals surface area contributed by atoms with Gasteiger partial charge in [-0.2, -0.15) is 0 Å². The molecular weight excluding hydrogens is 294 g/mol. The summed E-state index contributed by atoms with van der Waals surface area (Å²) in [5.41, 5.74) is 1.61. The summed E-state index contributed by atoms with van der Waals surface area (Å²) in [4.78, 5) is 25.3. The topological polar surface area (TPSA) is 66.8 Å². The summed E-state index contributed by atoms with van der Waals surface area (Å²) in [7, 11) is 0. The van der Waals surface area contributed by atoms with Crippen molar-refractivity contribution in [3.8, 4) is 5.75 Å². The van der Waals surface area contributed by atoms with Gasteiger partial charge in [0.2, 0.25) is 0 Å². The van der Waals surface area contributed by atoms with Crippen LogP contribution in [0.5, 0.6) is 5.75 Å². The van der Waals surface area contributed by atoms with Gasteiger partial charge in [0.15, 0.2) is 6.10 Å². The predicted octanol–water partition coefficient (Wildman–Crippen LogP) is 2.50. The number of rotatable bonds is 4. The predicted molar refractivity (Wildman–Crippen MR) is 85.6 cm³/mol. The molecule has 1 heterocycles. The van der Waals surface area contributed by atoms with Crippen molar-refractivity contribution >= 4 is 17.6 Å². The molecule has 0 spiro atoms. The normalized spacial score (nSPS) is 17.3. The number of anilines is 1. The lowest BCUT2D eigenvalue weighted by atomic mass is 10.1. The van der Waals surface area contributed by atoms with Crippen molar-refractivity contribution in [2.24, 2.45) is 0 Å². The SMILES string of the molecule is O=C(O)CN1C(=O)C(Oc2ccccc2)CCc2ccccc21. The Kier molecular flexibility index (Phi) is 4.28. The molecule has 118 valence electrons. The Labute approximate surface area is 134 Å². The molecule has 2 aromatic rings. The molecule has 1 aliphatic rings. The minimum Gasteiger partial charge on any atom is -0.481 e. The highest BCUT2D eigenvalue weighted by Gasteiger charge is 2.32. The Hall–Kier alpha value is -2.82. The van der Waals surface area contributed by atoms with E-state index >= 15 is 0 Å². The zero-order valence-corrected chi connectivity index (χ0v) is 12.5. The lowest BCUT2D eigenvalue weighted by Crippen LogP contribution is -2.43. The molecule has 1 aliphatic heterocycles. The zero-order chi connectivity index (χ0) is 16.2. The van der Waals surface area contributed by atoms with Crippen LogP contribution in [0.4, 0.5) is 5.69 Å². The fraction of sp³-hybridized carbons (Fsp3) is 0.222. The molecule has 0 bridgehead atoms. The van der Waals surface area contributed by atoms with E-state index in [4.69, 9.17) is 9.84 Å². The summed E-state index contributed by atoms with van der Waals surface area (Å²) in [6, 6.07) is 16.5. The van der Waals surface area contributed by atoms with Gasteiger partial charge in [0.1, 0.15) is 12.3 Å². The van der Waals surface area contributed by atoms with Crippen molar-refractivity contribution in [1.29, 1.82) is 0 Å². The number of hydrogen-bond donors (Lipinski definition) is 1. The first-order valence-electron chi connectivity index (χ1n) is 7.48. The second-order valence-corrected chi connectivity index (χ2v) is 5.41. The molecule has 0 aromatic heterocycles. The first-order chi connectivity index (χ1) is 11.1. The minimum atomic E-state index is -1.05. The van der Waals surface area contributed by atoms with E-state index in [0.29, 0.717) is 24.3 Å². The van der Waals surface area contributed by atoms with Crippen LogP contribution in [0, 0.1) is 0 Å². The van der Waals surface area contributed by atoms with Crippen molar-refractivity contribution in [2.75, 3.05) is 11.4 Å². The standard InChI is InChI=1S/C18H17NO4/c20-17(21)12-19-15-9-5-4-6-13(15)10-11-16(18(19)22)23-14-7-2-1-3-8-14/h1-9,16H,10-12H2,(H,20,21). The maximum absolute atomic E-state index is 12.8. The van der Waals surface area contributed by atoms with E-state index in [1.165, 1.54) is 4.90 Å². The average molecular weight is 311 g/mol. The summed E-state index contributed by atoms with van der Waals surface area (Å²) < 4.78 is 5.81. The third kappa shape index (κ3) is 3.34. The van der Waals surface area contributed by atoms with E-state index in [1.54, 1.807) is 24.3 Å². The number of benzene rings is 2. The summed E-state index contributed by atoms with van der Waals surface area (Å²) in [6.45, 7) is -0.371. The number of ether oxygens (including phenoxy) is 1. The van der Waals surface area contributed by atoms with Gasteiger partial charge < -0.3 is 9.84 Å². The fourth-order valence-electron chi connectivity index (χ4n) is 2.76. The molecule has 3 rings (SSSR count). The monoisotopic (exact) mass is 311 g/mol. The summed E-state index contributed by atoms with van der Waals surface area (Å²) in [6.07, 6.45) is 0.486. The Morgan fingerprint density at radius 2 is 1.83 bits per heavy atom. The number of fused-ring (bicyclic) bond motifs is 1. The van der Waals surface area contributed by atoms with Gasteiger partial charge in [-0.3, -0.25) is 14.5 Å². The van der Waals surface area contributed by atoms with Gasteiger partial charge in [-0.15, -0.1) is 0 Å². The Balaban J connectivity index is 1.91. The molecule has 5 nitrogen and oxygen atoms in total. The lowest BCUT2D eigenvalue weighted by molar-refractivity contribution is -0.137. The van der Waals surface area contributed by atoms with Crippen LogP contribution < -0.4 is 9.64 Å². The molecule has 5 heteroatoms. The van der Waals surface area contributed by atoms with E-state index in [0.717, 1.165) is 5.56 Å². The third-order valence-corrected chi connectivity index (χ3v) is 3.81. The Morgan fingerprint density at radius 3 is 2.57 bits per heavy atom. The zero-order valence-electron chi connectivity index (χ0n) is 12.5. The van der Waals surface area contributed by atoms with Gasteiger partial charge in [0, 0.05) is 5.69 Å². The summed E-state index contributed by atoms with van der Waals surface area (Å²) >= 11 is 0. The van der Waals surface area contributed by atoms with Gasteiger partial charge in [-0.05, 0) is 36.6 Å². The second-order valence-electron chi connectivity index (χ2n) is 5.41. The van der Waals surface area contributed by atoms with Gasteiger partial charge in [0.05, 0.1) is 0 Å². The highest BCUT2D eigenvalue weighted by molar-refractivity contribution is 6.01. The highest BCUT2D eigenvalue weighted by atomic mass is 16.5. The molecule has 0 fully saturated rings. The average Bonchev–Trinajstić information content (AvgIpc) is 2.68. The number of hydrogen-bond acceptors (Lipinski definition) is 3. The van der Waals surface area contributed by atoms with Crippen LogP contribution in [0.1, 0.15) is 12.0 Å². The minimum absolute atomic E-state index is 0.318. The summed E-state index contributed by atoms with van der Waals surface area (Å²) in [5, 5.41) is 9.14. The maximum Gasteiger partial charge on any atom is 0.323 e. The van der Waals surface area contributed by atoms with Gasteiger partial charge >= 0.3 is 5.97 Å². The molecule has 0 saturated heterocycles. The molecule has 1 amide bonds. The number of aliphatic carboxylic acids is 1. The first-order valence-corrected chi connectivity index (χ1v) is 7.48. The van der Waals surface area contributed by atoms with E-state index in [1.807, 2.05) is 30.3 Å². The van der Waals surface area contributed by atoms with Gasteiger partial charge in [0.25, 0.3) is 5.91 Å². The Bertz CT molecular complexity index is 714. The maximum atomic E-state index is 12.8. The van der Waals surface area contributed by atoms with Gasteiger partial charge in [-0.25, -0.2) is 0 Å². The number of aryl methyl sites for hydroxylation is 1. The molecule has 0 saturated carbocycles. The van der Waals surface area contributed by atoms with Gasteiger partial charge in [-0.1, -0.05) is 36.4 Å². The molecule has 23 heavy (non-hydrogen) atoms. The second kappa shape index (κ2) is 6.52. The quantitative estimate of drug-likeness (QED) is 0.942. The van der Waals surface area contributed by atoms with Crippen LogP contribution in [0.15, 0.2) is 54.6 Å². The lowest BCUT2D eigenvalue weighted by Gasteiger charge is -2.24. The summed E-state index contributed by atoms with van der Waals surface area (Å²) in [5.74, 6) is -0.762. The fourth-order valence-corrected chi connectivity index (χ4v) is 2.76. The van der Waals surface area contributed by atoms with Crippen molar-refractivity contribution in [2.45, 2.75) is 18.9 Å². The molecular formula is C18H17NO4. The van der Waals surface area contributed by atoms with Crippen LogP contribution in [0.25, 0.3) is 0 Å². The number of carboxylic acids is 1. The smallest absolute Gasteiger partial charge is 0.323 e. The number of carbonyl (C=O) groups is 2. The van der Waals surface area contributed by atoms with E-state index in [2.05, 4.69) is 0 Å². The number of carbonyl (C=O) groups excluding carboxylic acids is 1. The molecule has 0 aliphatic carbocycles.